The first kappa shape index (κ1) is 22.0. The fraction of sp³-hybridized carbons (Fsp3) is 0.0385. The van der Waals surface area contributed by atoms with Crippen molar-refractivity contribution < 1.29 is 19.1 Å². The lowest BCUT2D eigenvalue weighted by molar-refractivity contribution is 0.0734. The predicted octanol–water partition coefficient (Wildman–Crippen LogP) is 5.48. The number of halogens is 1. The third kappa shape index (κ3) is 5.19. The summed E-state index contributed by atoms with van der Waals surface area (Å²) in [4.78, 5) is 25.1. The maximum Gasteiger partial charge on any atom is 0.343 e. The average molecular weight is 459 g/mol. The zero-order valence-electron chi connectivity index (χ0n) is 17.6. The van der Waals surface area contributed by atoms with Crippen LogP contribution in [-0.2, 0) is 0 Å². The van der Waals surface area contributed by atoms with E-state index in [1.165, 1.54) is 6.21 Å². The highest BCUT2D eigenvalue weighted by Crippen LogP contribution is 2.27. The molecule has 0 heterocycles. The molecule has 7 heteroatoms. The summed E-state index contributed by atoms with van der Waals surface area (Å²) in [5, 5.41) is 6.29. The second-order valence-corrected chi connectivity index (χ2v) is 7.46. The van der Waals surface area contributed by atoms with Crippen molar-refractivity contribution in [2.75, 3.05) is 7.11 Å². The number of amides is 1. The molecule has 0 bridgehead atoms. The van der Waals surface area contributed by atoms with Gasteiger partial charge in [0.05, 0.1) is 18.9 Å². The first-order valence-corrected chi connectivity index (χ1v) is 10.4. The molecule has 0 radical (unpaired) electrons. The molecule has 164 valence electrons. The summed E-state index contributed by atoms with van der Waals surface area (Å²) >= 11 is 5.95. The van der Waals surface area contributed by atoms with Crippen molar-refractivity contribution in [1.29, 1.82) is 0 Å². The lowest BCUT2D eigenvalue weighted by Crippen LogP contribution is -2.17. The minimum Gasteiger partial charge on any atom is -0.497 e. The van der Waals surface area contributed by atoms with Gasteiger partial charge in [-0.1, -0.05) is 48.0 Å². The first-order chi connectivity index (χ1) is 16.0. The van der Waals surface area contributed by atoms with Crippen LogP contribution in [0.4, 0.5) is 0 Å². The number of carbonyl (C=O) groups is 2. The number of ether oxygens (including phenoxy) is 2. The highest BCUT2D eigenvalue weighted by Gasteiger charge is 2.14. The number of rotatable bonds is 6. The Labute approximate surface area is 195 Å². The van der Waals surface area contributed by atoms with Gasteiger partial charge in [-0.15, -0.1) is 0 Å². The van der Waals surface area contributed by atoms with Crippen molar-refractivity contribution >= 4 is 40.5 Å². The molecule has 4 aromatic rings. The van der Waals surface area contributed by atoms with Crippen molar-refractivity contribution in [2.24, 2.45) is 5.10 Å². The van der Waals surface area contributed by atoms with Crippen LogP contribution >= 0.6 is 11.6 Å². The second-order valence-electron chi connectivity index (χ2n) is 7.03. The third-order valence-electron chi connectivity index (χ3n) is 4.91. The van der Waals surface area contributed by atoms with Crippen LogP contribution in [0, 0.1) is 0 Å². The van der Waals surface area contributed by atoms with E-state index in [2.05, 4.69) is 10.5 Å². The molecule has 4 aromatic carbocycles. The fourth-order valence-electron chi connectivity index (χ4n) is 3.23. The summed E-state index contributed by atoms with van der Waals surface area (Å²) in [6.45, 7) is 0. The van der Waals surface area contributed by atoms with Crippen LogP contribution in [0.2, 0.25) is 5.02 Å². The summed E-state index contributed by atoms with van der Waals surface area (Å²) < 4.78 is 10.8. The topological polar surface area (TPSA) is 77.0 Å². The Balaban J connectivity index is 1.61. The molecule has 0 atom stereocenters. The predicted molar refractivity (Wildman–Crippen MR) is 128 cm³/mol. The number of fused-ring (bicyclic) bond motifs is 1. The molecular weight excluding hydrogens is 440 g/mol. The number of nitrogens with zero attached hydrogens (tertiary/aromatic N) is 1. The number of carbonyl (C=O) groups excluding carboxylic acids is 2. The highest BCUT2D eigenvalue weighted by atomic mass is 35.5. The van der Waals surface area contributed by atoms with E-state index in [1.54, 1.807) is 61.7 Å². The summed E-state index contributed by atoms with van der Waals surface area (Å²) in [6, 6.07) is 24.3. The van der Waals surface area contributed by atoms with Gasteiger partial charge in [-0.25, -0.2) is 10.2 Å². The summed E-state index contributed by atoms with van der Waals surface area (Å²) in [5.74, 6) is 0.0205. The van der Waals surface area contributed by atoms with Crippen molar-refractivity contribution in [3.63, 3.8) is 0 Å². The quantitative estimate of drug-likeness (QED) is 0.179. The van der Waals surface area contributed by atoms with Crippen molar-refractivity contribution in [3.05, 3.63) is 107 Å². The maximum absolute atomic E-state index is 12.7. The largest absolute Gasteiger partial charge is 0.497 e. The van der Waals surface area contributed by atoms with Gasteiger partial charge in [0, 0.05) is 16.1 Å². The maximum atomic E-state index is 12.7. The molecule has 1 N–H and O–H groups in total. The van der Waals surface area contributed by atoms with Crippen molar-refractivity contribution in [3.8, 4) is 11.5 Å². The molecule has 0 fully saturated rings. The number of hydrazone groups is 1. The van der Waals surface area contributed by atoms with Crippen molar-refractivity contribution in [1.82, 2.24) is 5.43 Å². The highest BCUT2D eigenvalue weighted by molar-refractivity contribution is 6.31. The zero-order chi connectivity index (χ0) is 23.2. The van der Waals surface area contributed by atoms with Gasteiger partial charge in [0.2, 0.25) is 0 Å². The first-order valence-electron chi connectivity index (χ1n) is 10.0. The monoisotopic (exact) mass is 458 g/mol. The Bertz CT molecular complexity index is 1350. The van der Waals surface area contributed by atoms with Gasteiger partial charge in [0.1, 0.15) is 11.5 Å². The van der Waals surface area contributed by atoms with Crippen LogP contribution in [0.25, 0.3) is 10.8 Å². The Hall–Kier alpha value is -4.16. The summed E-state index contributed by atoms with van der Waals surface area (Å²) in [5.41, 5.74) is 3.79. The van der Waals surface area contributed by atoms with Gasteiger partial charge in [-0.3, -0.25) is 4.79 Å². The van der Waals surface area contributed by atoms with E-state index in [4.69, 9.17) is 21.1 Å². The number of esters is 1. The van der Waals surface area contributed by atoms with Crippen LogP contribution in [0.3, 0.4) is 0 Å². The number of methoxy groups -OCH3 is 1. The molecule has 0 spiro atoms. The summed E-state index contributed by atoms with van der Waals surface area (Å²) in [7, 11) is 1.55. The van der Waals surface area contributed by atoms with E-state index in [9.17, 15) is 9.59 Å². The number of benzene rings is 4. The van der Waals surface area contributed by atoms with Gasteiger partial charge in [0.15, 0.2) is 0 Å². The van der Waals surface area contributed by atoms with Gasteiger partial charge < -0.3 is 9.47 Å². The lowest BCUT2D eigenvalue weighted by atomic mass is 10.0. The van der Waals surface area contributed by atoms with Gasteiger partial charge in [-0.05, 0) is 59.3 Å². The molecule has 0 aliphatic carbocycles. The molecule has 33 heavy (non-hydrogen) atoms. The Morgan fingerprint density at radius 1 is 0.909 bits per heavy atom. The van der Waals surface area contributed by atoms with Crippen LogP contribution in [0.1, 0.15) is 26.3 Å². The molecule has 4 rings (SSSR count). The molecule has 0 aliphatic rings. The van der Waals surface area contributed by atoms with E-state index in [-0.39, 0.29) is 0 Å². The third-order valence-corrected chi connectivity index (χ3v) is 5.14. The standard InChI is InChI=1S/C26H19ClN2O4/c1-32-21-12-9-18(10-13-21)26(31)33-24-14-11-17-5-2-3-8-22(17)23(24)16-28-29-25(30)19-6-4-7-20(27)15-19/h2-16H,1H3,(H,29,30)/b28-16+. The van der Waals surface area contributed by atoms with Crippen LogP contribution < -0.4 is 14.9 Å². The van der Waals surface area contributed by atoms with Crippen LogP contribution in [0.15, 0.2) is 90.0 Å². The molecule has 0 aromatic heterocycles. The molecule has 6 nitrogen and oxygen atoms in total. The SMILES string of the molecule is COc1ccc(C(=O)Oc2ccc3ccccc3c2/C=N/NC(=O)c2cccc(Cl)c2)cc1. The normalized spacial score (nSPS) is 10.8. The molecule has 0 saturated heterocycles. The van der Waals surface area contributed by atoms with Crippen LogP contribution in [0.5, 0.6) is 11.5 Å². The average Bonchev–Trinajstić information content (AvgIpc) is 2.85. The molecule has 0 saturated carbocycles. The number of hydrogen-bond donors (Lipinski definition) is 1. The lowest BCUT2D eigenvalue weighted by Gasteiger charge is -2.11. The molecule has 0 unspecified atom stereocenters. The van der Waals surface area contributed by atoms with Crippen LogP contribution in [-0.4, -0.2) is 25.2 Å². The second kappa shape index (κ2) is 9.97. The smallest absolute Gasteiger partial charge is 0.343 e. The molecule has 1 amide bonds. The minimum atomic E-state index is -0.523. The van der Waals surface area contributed by atoms with Gasteiger partial charge >= 0.3 is 5.97 Å². The fourth-order valence-corrected chi connectivity index (χ4v) is 3.42. The Morgan fingerprint density at radius 2 is 1.70 bits per heavy atom. The van der Waals surface area contributed by atoms with E-state index in [0.29, 0.717) is 33.2 Å². The van der Waals surface area contributed by atoms with Gasteiger partial charge in [0.25, 0.3) is 5.91 Å². The molecular formula is C26H19ClN2O4. The minimum absolute atomic E-state index is 0.315. The van der Waals surface area contributed by atoms with E-state index in [1.807, 2.05) is 30.3 Å². The Morgan fingerprint density at radius 3 is 2.45 bits per heavy atom. The van der Waals surface area contributed by atoms with Crippen molar-refractivity contribution in [2.45, 2.75) is 0 Å². The number of hydrogen-bond acceptors (Lipinski definition) is 5. The summed E-state index contributed by atoms with van der Waals surface area (Å²) in [6.07, 6.45) is 1.46. The number of nitrogens with one attached hydrogen (secondary N) is 1. The Kier molecular flexibility index (Phi) is 6.66. The van der Waals surface area contributed by atoms with E-state index in [0.717, 1.165) is 10.8 Å². The van der Waals surface area contributed by atoms with Gasteiger partial charge in [-0.2, -0.15) is 5.10 Å². The molecule has 0 aliphatic heterocycles. The van der Waals surface area contributed by atoms with E-state index < -0.39 is 11.9 Å². The zero-order valence-corrected chi connectivity index (χ0v) is 18.4. The van der Waals surface area contributed by atoms with E-state index >= 15 is 0 Å².